The van der Waals surface area contributed by atoms with Gasteiger partial charge in [0.15, 0.2) is 5.78 Å². The highest BCUT2D eigenvalue weighted by Crippen LogP contribution is 2.62. The molecule has 0 aromatic carbocycles. The van der Waals surface area contributed by atoms with Crippen LogP contribution in [0.1, 0.15) is 66.7 Å². The van der Waals surface area contributed by atoms with Crippen LogP contribution in [0.5, 0.6) is 0 Å². The van der Waals surface area contributed by atoms with Gasteiger partial charge in [-0.2, -0.15) is 0 Å². The Morgan fingerprint density at radius 2 is 1.93 bits per heavy atom. The van der Waals surface area contributed by atoms with Crippen LogP contribution in [0.15, 0.2) is 35.1 Å². The number of carbonyl (C=O) groups excluding carboxylic acids is 2. The third-order valence-corrected chi connectivity index (χ3v) is 8.07. The number of carboxylic acid groups (broad SMARTS) is 1. The second kappa shape index (κ2) is 7.58. The van der Waals surface area contributed by atoms with Crippen LogP contribution < -0.4 is 5.32 Å². The summed E-state index contributed by atoms with van der Waals surface area (Å²) in [5, 5.41) is 11.7. The van der Waals surface area contributed by atoms with Crippen molar-refractivity contribution >= 4 is 17.5 Å². The van der Waals surface area contributed by atoms with E-state index in [2.05, 4.69) is 39.1 Å². The summed E-state index contributed by atoms with van der Waals surface area (Å²) in [5.41, 5.74) is 2.17. The Labute approximate surface area is 173 Å². The summed E-state index contributed by atoms with van der Waals surface area (Å²) in [6.07, 6.45) is 10.1. The van der Waals surface area contributed by atoms with Crippen molar-refractivity contribution in [3.63, 3.8) is 0 Å². The lowest BCUT2D eigenvalue weighted by Gasteiger charge is -2.58. The highest BCUT2D eigenvalue weighted by atomic mass is 16.4. The highest BCUT2D eigenvalue weighted by molar-refractivity contribution is 6.19. The van der Waals surface area contributed by atoms with E-state index in [0.29, 0.717) is 23.8 Å². The predicted octanol–water partition coefficient (Wildman–Crippen LogP) is 4.20. The molecule has 3 aliphatic rings. The van der Waals surface area contributed by atoms with Crippen molar-refractivity contribution in [2.24, 2.45) is 22.7 Å². The number of hydrogen-bond donors (Lipinski definition) is 2. The van der Waals surface area contributed by atoms with E-state index in [1.165, 1.54) is 31.1 Å². The van der Waals surface area contributed by atoms with Crippen molar-refractivity contribution in [3.8, 4) is 0 Å². The maximum Gasteiger partial charge on any atom is 0.325 e. The Hall–Kier alpha value is -2.17. The van der Waals surface area contributed by atoms with Crippen LogP contribution in [0.25, 0.3) is 0 Å². The Balaban J connectivity index is 1.85. The van der Waals surface area contributed by atoms with Gasteiger partial charge in [0, 0.05) is 11.6 Å². The number of aliphatic carboxylic acids is 1. The maximum absolute atomic E-state index is 12.8. The first-order valence-electron chi connectivity index (χ1n) is 10.7. The minimum atomic E-state index is -1.07. The van der Waals surface area contributed by atoms with E-state index in [9.17, 15) is 14.4 Å². The summed E-state index contributed by atoms with van der Waals surface area (Å²) in [4.78, 5) is 36.5. The van der Waals surface area contributed by atoms with Crippen molar-refractivity contribution in [3.05, 3.63) is 35.1 Å². The van der Waals surface area contributed by atoms with Gasteiger partial charge in [-0.15, -0.1) is 0 Å². The normalized spacial score (nSPS) is 35.8. The average molecular weight is 400 g/mol. The summed E-state index contributed by atoms with van der Waals surface area (Å²) >= 11 is 0. The Morgan fingerprint density at radius 3 is 2.59 bits per heavy atom. The maximum atomic E-state index is 12.8. The Bertz CT molecular complexity index is 836. The number of ketones is 2. The molecule has 3 rings (SSSR count). The van der Waals surface area contributed by atoms with Gasteiger partial charge in [0.05, 0.1) is 5.70 Å². The quantitative estimate of drug-likeness (QED) is 0.535. The van der Waals surface area contributed by atoms with Crippen molar-refractivity contribution in [1.29, 1.82) is 0 Å². The van der Waals surface area contributed by atoms with Gasteiger partial charge < -0.3 is 10.4 Å². The molecule has 0 saturated heterocycles. The van der Waals surface area contributed by atoms with E-state index in [1.807, 2.05) is 0 Å². The molecule has 0 aromatic rings. The minimum Gasteiger partial charge on any atom is -0.480 e. The smallest absolute Gasteiger partial charge is 0.325 e. The van der Waals surface area contributed by atoms with E-state index in [4.69, 9.17) is 5.11 Å². The Morgan fingerprint density at radius 1 is 1.24 bits per heavy atom. The molecule has 158 valence electrons. The predicted molar refractivity (Wildman–Crippen MR) is 112 cm³/mol. The SMILES string of the molecule is CC1=CCC[C@@H]2[C@]1(C)CCC(C)[C@@]2(C)CC1=CC(=O)C(N[C@@H](C)C(=O)O)=CC1=O. The van der Waals surface area contributed by atoms with Gasteiger partial charge in [-0.3, -0.25) is 14.4 Å². The molecule has 0 radical (unpaired) electrons. The minimum absolute atomic E-state index is 0.0581. The van der Waals surface area contributed by atoms with E-state index >= 15 is 0 Å². The van der Waals surface area contributed by atoms with Crippen molar-refractivity contribution < 1.29 is 19.5 Å². The number of allylic oxidation sites excluding steroid dienone is 5. The zero-order valence-electron chi connectivity index (χ0n) is 18.2. The van der Waals surface area contributed by atoms with Crippen molar-refractivity contribution in [2.75, 3.05) is 0 Å². The second-order valence-corrected chi connectivity index (χ2v) is 9.72. The number of hydrogen-bond acceptors (Lipinski definition) is 4. The first-order valence-corrected chi connectivity index (χ1v) is 10.7. The molecule has 0 aromatic heterocycles. The summed E-state index contributed by atoms with van der Waals surface area (Å²) in [6.45, 7) is 10.6. The van der Waals surface area contributed by atoms with E-state index < -0.39 is 12.0 Å². The molecule has 0 spiro atoms. The molecule has 29 heavy (non-hydrogen) atoms. The van der Waals surface area contributed by atoms with Crippen LogP contribution in [-0.4, -0.2) is 28.7 Å². The molecule has 0 heterocycles. The Kier molecular flexibility index (Phi) is 5.63. The molecule has 1 saturated carbocycles. The van der Waals surface area contributed by atoms with Gasteiger partial charge in [0.25, 0.3) is 0 Å². The lowest BCUT2D eigenvalue weighted by Crippen LogP contribution is -2.50. The topological polar surface area (TPSA) is 83.5 Å². The number of nitrogens with one attached hydrogen (secondary N) is 1. The monoisotopic (exact) mass is 399 g/mol. The van der Waals surface area contributed by atoms with Crippen LogP contribution in [0.2, 0.25) is 0 Å². The van der Waals surface area contributed by atoms with Gasteiger partial charge in [0.1, 0.15) is 6.04 Å². The number of fused-ring (bicyclic) bond motifs is 1. The van der Waals surface area contributed by atoms with Crippen LogP contribution in [-0.2, 0) is 14.4 Å². The van der Waals surface area contributed by atoms with Gasteiger partial charge >= 0.3 is 5.97 Å². The lowest BCUT2D eigenvalue weighted by molar-refractivity contribution is -0.138. The van der Waals surface area contributed by atoms with Gasteiger partial charge in [-0.1, -0.05) is 32.4 Å². The molecule has 1 unspecified atom stereocenters. The van der Waals surface area contributed by atoms with Crippen LogP contribution in [0.3, 0.4) is 0 Å². The molecule has 5 nitrogen and oxygen atoms in total. The fourth-order valence-corrected chi connectivity index (χ4v) is 5.77. The summed E-state index contributed by atoms with van der Waals surface area (Å²) in [7, 11) is 0. The largest absolute Gasteiger partial charge is 0.480 e. The van der Waals surface area contributed by atoms with E-state index in [0.717, 1.165) is 19.3 Å². The fraction of sp³-hybridized carbons (Fsp3) is 0.625. The van der Waals surface area contributed by atoms with E-state index in [-0.39, 0.29) is 28.1 Å². The molecular weight excluding hydrogens is 366 g/mol. The first-order chi connectivity index (χ1) is 13.5. The molecule has 1 fully saturated rings. The van der Waals surface area contributed by atoms with Crippen LogP contribution >= 0.6 is 0 Å². The molecule has 3 aliphatic carbocycles. The van der Waals surface area contributed by atoms with Gasteiger partial charge in [-0.05, 0) is 74.7 Å². The van der Waals surface area contributed by atoms with E-state index in [1.54, 1.807) is 0 Å². The molecule has 0 bridgehead atoms. The zero-order chi connectivity index (χ0) is 21.6. The third-order valence-electron chi connectivity index (χ3n) is 8.07. The van der Waals surface area contributed by atoms with Crippen LogP contribution in [0.4, 0.5) is 0 Å². The fourth-order valence-electron chi connectivity index (χ4n) is 5.77. The summed E-state index contributed by atoms with van der Waals surface area (Å²) < 4.78 is 0. The zero-order valence-corrected chi connectivity index (χ0v) is 18.2. The first kappa shape index (κ1) is 21.5. The second-order valence-electron chi connectivity index (χ2n) is 9.72. The number of carbonyl (C=O) groups is 3. The van der Waals surface area contributed by atoms with Crippen LogP contribution in [0, 0.1) is 22.7 Å². The van der Waals surface area contributed by atoms with Gasteiger partial charge in [-0.25, -0.2) is 0 Å². The molecule has 0 amide bonds. The molecule has 5 heteroatoms. The van der Waals surface area contributed by atoms with Crippen molar-refractivity contribution in [2.45, 2.75) is 72.8 Å². The molecular formula is C24H33NO4. The average Bonchev–Trinajstić information content (AvgIpc) is 2.64. The number of rotatable bonds is 5. The third kappa shape index (κ3) is 3.72. The lowest BCUT2D eigenvalue weighted by atomic mass is 9.46. The number of carboxylic acids is 1. The molecule has 0 aliphatic heterocycles. The standard InChI is InChI=1S/C24H33NO4/c1-14-7-6-8-21-23(14,4)10-9-15(2)24(21,5)13-17-11-20(27)18(12-19(17)26)25-16(3)22(28)29/h7,11-12,15-16,21,25H,6,8-10,13H2,1-5H3,(H,28,29)/t15?,16-,21+,23+,24+/m0/s1. The summed E-state index contributed by atoms with van der Waals surface area (Å²) in [6, 6.07) is -0.929. The molecule has 5 atom stereocenters. The highest BCUT2D eigenvalue weighted by Gasteiger charge is 2.53. The summed E-state index contributed by atoms with van der Waals surface area (Å²) in [5.74, 6) is -0.630. The van der Waals surface area contributed by atoms with Crippen molar-refractivity contribution in [1.82, 2.24) is 5.32 Å². The molecule has 2 N–H and O–H groups in total. The van der Waals surface area contributed by atoms with Gasteiger partial charge in [0.2, 0.25) is 5.78 Å².